The van der Waals surface area contributed by atoms with Crippen LogP contribution >= 0.6 is 0 Å². The number of fused-ring (bicyclic) bond motifs is 1. The highest BCUT2D eigenvalue weighted by Gasteiger charge is 2.12. The van der Waals surface area contributed by atoms with Crippen molar-refractivity contribution in [3.05, 3.63) is 48.0 Å². The SMILES string of the molecule is CNC(=O)c1cc(Oc2ccc3c(c2)nc(C(C)C)n3C)ccn1.[HH]. The van der Waals surface area contributed by atoms with Gasteiger partial charge < -0.3 is 14.6 Å². The first-order valence-electron chi connectivity index (χ1n) is 7.82. The second-order valence-corrected chi connectivity index (χ2v) is 5.89. The minimum absolute atomic E-state index is 0. The average Bonchev–Trinajstić information content (AvgIpc) is 2.91. The summed E-state index contributed by atoms with van der Waals surface area (Å²) in [5.74, 6) is 2.37. The molecule has 3 rings (SSSR count). The summed E-state index contributed by atoms with van der Waals surface area (Å²) in [6.07, 6.45) is 1.55. The molecule has 0 unspecified atom stereocenters. The Balaban J connectivity index is 0.00000225. The molecular formula is C18H22N4O2. The van der Waals surface area contributed by atoms with Gasteiger partial charge in [0, 0.05) is 39.8 Å². The van der Waals surface area contributed by atoms with Crippen LogP contribution in [0.3, 0.4) is 0 Å². The molecule has 1 N–H and O–H groups in total. The quantitative estimate of drug-likeness (QED) is 0.797. The number of carbonyl (C=O) groups excluding carboxylic acids is 1. The van der Waals surface area contributed by atoms with E-state index in [-0.39, 0.29) is 7.33 Å². The molecule has 1 aromatic carbocycles. The van der Waals surface area contributed by atoms with Crippen molar-refractivity contribution in [1.29, 1.82) is 0 Å². The first-order chi connectivity index (χ1) is 11.5. The summed E-state index contributed by atoms with van der Waals surface area (Å²) in [5, 5.41) is 2.55. The summed E-state index contributed by atoms with van der Waals surface area (Å²) in [5.41, 5.74) is 2.27. The predicted octanol–water partition coefficient (Wildman–Crippen LogP) is 3.49. The Morgan fingerprint density at radius 3 is 2.71 bits per heavy atom. The number of ether oxygens (including phenoxy) is 1. The van der Waals surface area contributed by atoms with Crippen LogP contribution in [0.2, 0.25) is 0 Å². The molecule has 0 aliphatic heterocycles. The normalized spacial score (nSPS) is 11.0. The van der Waals surface area contributed by atoms with Crippen LogP contribution in [0.5, 0.6) is 11.5 Å². The molecule has 0 atom stereocenters. The van der Waals surface area contributed by atoms with Gasteiger partial charge in [-0.1, -0.05) is 13.8 Å². The van der Waals surface area contributed by atoms with Gasteiger partial charge in [0.15, 0.2) is 0 Å². The zero-order chi connectivity index (χ0) is 17.3. The molecule has 0 fully saturated rings. The number of nitrogens with zero attached hydrogens (tertiary/aromatic N) is 3. The minimum Gasteiger partial charge on any atom is -0.457 e. The van der Waals surface area contributed by atoms with Crippen molar-refractivity contribution < 1.29 is 11.0 Å². The highest BCUT2D eigenvalue weighted by Crippen LogP contribution is 2.27. The Morgan fingerprint density at radius 2 is 2.00 bits per heavy atom. The molecule has 126 valence electrons. The number of nitrogens with one attached hydrogen (secondary N) is 1. The molecule has 0 aliphatic carbocycles. The summed E-state index contributed by atoms with van der Waals surface area (Å²) >= 11 is 0. The fraction of sp³-hybridized carbons (Fsp3) is 0.278. The first kappa shape index (κ1) is 16.0. The third-order valence-electron chi connectivity index (χ3n) is 3.83. The lowest BCUT2D eigenvalue weighted by Gasteiger charge is -2.07. The predicted molar refractivity (Wildman–Crippen MR) is 94.6 cm³/mol. The zero-order valence-electron chi connectivity index (χ0n) is 14.2. The van der Waals surface area contributed by atoms with E-state index >= 15 is 0 Å². The van der Waals surface area contributed by atoms with Crippen molar-refractivity contribution in [2.24, 2.45) is 7.05 Å². The molecule has 6 heteroatoms. The van der Waals surface area contributed by atoms with Crippen LogP contribution in [0.1, 0.15) is 37.5 Å². The van der Waals surface area contributed by atoms with Crippen molar-refractivity contribution in [1.82, 2.24) is 19.9 Å². The van der Waals surface area contributed by atoms with Gasteiger partial charge in [-0.2, -0.15) is 0 Å². The van der Waals surface area contributed by atoms with Crippen LogP contribution in [-0.4, -0.2) is 27.5 Å². The second kappa shape index (κ2) is 6.31. The standard InChI is InChI=1S/C18H20N4O2.H2/c1-11(2)17-21-14-9-12(5-6-16(14)22(17)4)24-13-7-8-20-15(10-13)18(23)19-3;/h5-11H,1-4H3,(H,19,23);1H. The molecule has 3 aromatic rings. The van der Waals surface area contributed by atoms with Gasteiger partial charge in [-0.05, 0) is 18.2 Å². The number of amides is 1. The van der Waals surface area contributed by atoms with Crippen LogP contribution in [0.4, 0.5) is 0 Å². The van der Waals surface area contributed by atoms with E-state index in [0.717, 1.165) is 16.9 Å². The van der Waals surface area contributed by atoms with Crippen LogP contribution in [0.15, 0.2) is 36.5 Å². The third kappa shape index (κ3) is 2.95. The molecule has 1 amide bonds. The molecule has 0 bridgehead atoms. The maximum absolute atomic E-state index is 11.7. The zero-order valence-corrected chi connectivity index (χ0v) is 14.2. The number of aromatic nitrogens is 3. The highest BCUT2D eigenvalue weighted by molar-refractivity contribution is 5.92. The summed E-state index contributed by atoms with van der Waals surface area (Å²) in [7, 11) is 3.59. The van der Waals surface area contributed by atoms with E-state index in [1.54, 1.807) is 25.4 Å². The molecule has 2 heterocycles. The van der Waals surface area contributed by atoms with E-state index < -0.39 is 0 Å². The van der Waals surface area contributed by atoms with E-state index in [0.29, 0.717) is 23.1 Å². The largest absolute Gasteiger partial charge is 0.457 e. The van der Waals surface area contributed by atoms with Crippen LogP contribution in [0, 0.1) is 0 Å². The number of aryl methyl sites for hydroxylation is 1. The number of hydrogen-bond acceptors (Lipinski definition) is 4. The van der Waals surface area contributed by atoms with Gasteiger partial charge in [0.1, 0.15) is 23.0 Å². The lowest BCUT2D eigenvalue weighted by Crippen LogP contribution is -2.18. The second-order valence-electron chi connectivity index (χ2n) is 5.89. The van der Waals surface area contributed by atoms with Crippen LogP contribution < -0.4 is 10.1 Å². The van der Waals surface area contributed by atoms with Crippen molar-refractivity contribution in [2.45, 2.75) is 19.8 Å². The number of hydrogen-bond donors (Lipinski definition) is 1. The summed E-state index contributed by atoms with van der Waals surface area (Å²) in [4.78, 5) is 20.4. The first-order valence-corrected chi connectivity index (χ1v) is 7.82. The molecule has 0 aliphatic rings. The summed E-state index contributed by atoms with van der Waals surface area (Å²) in [6, 6.07) is 9.12. The van der Waals surface area contributed by atoms with Crippen LogP contribution in [0.25, 0.3) is 11.0 Å². The smallest absolute Gasteiger partial charge is 0.269 e. The van der Waals surface area contributed by atoms with E-state index in [9.17, 15) is 4.79 Å². The molecule has 0 radical (unpaired) electrons. The topological polar surface area (TPSA) is 69.0 Å². The Labute approximate surface area is 142 Å². The van der Waals surface area contributed by atoms with Crippen molar-refractivity contribution >= 4 is 16.9 Å². The van der Waals surface area contributed by atoms with Gasteiger partial charge in [-0.25, -0.2) is 4.98 Å². The number of pyridine rings is 1. The average molecular weight is 326 g/mol. The number of carbonyl (C=O) groups is 1. The van der Waals surface area contributed by atoms with Crippen molar-refractivity contribution in [2.75, 3.05) is 7.05 Å². The maximum atomic E-state index is 11.7. The molecule has 0 saturated carbocycles. The maximum Gasteiger partial charge on any atom is 0.269 e. The Kier molecular flexibility index (Phi) is 4.20. The Morgan fingerprint density at radius 1 is 1.25 bits per heavy atom. The van der Waals surface area contributed by atoms with E-state index in [1.807, 2.05) is 25.2 Å². The number of benzene rings is 1. The van der Waals surface area contributed by atoms with Gasteiger partial charge in [0.25, 0.3) is 5.91 Å². The fourth-order valence-electron chi connectivity index (χ4n) is 2.64. The fourth-order valence-corrected chi connectivity index (χ4v) is 2.64. The minimum atomic E-state index is -0.248. The molecule has 24 heavy (non-hydrogen) atoms. The number of imidazole rings is 1. The lowest BCUT2D eigenvalue weighted by molar-refractivity contribution is 0.0958. The number of rotatable bonds is 4. The van der Waals surface area contributed by atoms with E-state index in [2.05, 4.69) is 33.7 Å². The molecule has 2 aromatic heterocycles. The highest BCUT2D eigenvalue weighted by atomic mass is 16.5. The van der Waals surface area contributed by atoms with Gasteiger partial charge in [-0.3, -0.25) is 9.78 Å². The lowest BCUT2D eigenvalue weighted by atomic mass is 10.2. The Bertz CT molecular complexity index is 905. The molecular weight excluding hydrogens is 304 g/mol. The van der Waals surface area contributed by atoms with Crippen molar-refractivity contribution in [3.8, 4) is 11.5 Å². The van der Waals surface area contributed by atoms with E-state index in [1.165, 1.54) is 0 Å². The molecule has 0 saturated heterocycles. The van der Waals surface area contributed by atoms with Gasteiger partial charge >= 0.3 is 0 Å². The van der Waals surface area contributed by atoms with Crippen LogP contribution in [-0.2, 0) is 7.05 Å². The third-order valence-corrected chi connectivity index (χ3v) is 3.83. The van der Waals surface area contributed by atoms with Gasteiger partial charge in [-0.15, -0.1) is 0 Å². The monoisotopic (exact) mass is 326 g/mol. The van der Waals surface area contributed by atoms with Crippen molar-refractivity contribution in [3.63, 3.8) is 0 Å². The Hall–Kier alpha value is -2.89. The summed E-state index contributed by atoms with van der Waals surface area (Å²) in [6.45, 7) is 4.24. The van der Waals surface area contributed by atoms with Gasteiger partial charge in [0.2, 0.25) is 0 Å². The molecule has 0 spiro atoms. The van der Waals surface area contributed by atoms with E-state index in [4.69, 9.17) is 4.74 Å². The molecule has 6 nitrogen and oxygen atoms in total. The summed E-state index contributed by atoms with van der Waals surface area (Å²) < 4.78 is 7.96. The van der Waals surface area contributed by atoms with Gasteiger partial charge in [0.05, 0.1) is 11.0 Å².